The van der Waals surface area contributed by atoms with E-state index in [1.807, 2.05) is 0 Å². The summed E-state index contributed by atoms with van der Waals surface area (Å²) in [5.74, 6) is 0. The van der Waals surface area contributed by atoms with Gasteiger partial charge in [-0.3, -0.25) is 0 Å². The lowest BCUT2D eigenvalue weighted by Gasteiger charge is -2.39. The Morgan fingerprint density at radius 1 is 1.00 bits per heavy atom. The molecule has 7 nitrogen and oxygen atoms in total. The Labute approximate surface area is 86.5 Å². The zero-order valence-corrected chi connectivity index (χ0v) is 8.06. The van der Waals surface area contributed by atoms with E-state index in [-0.39, 0.29) is 13.2 Å². The molecule has 1 heterocycles. The van der Waals surface area contributed by atoms with E-state index in [1.54, 1.807) is 0 Å². The van der Waals surface area contributed by atoms with Gasteiger partial charge in [0, 0.05) is 0 Å². The molecule has 1 aliphatic rings. The molecule has 0 saturated carbocycles. The minimum Gasteiger partial charge on any atom is -0.394 e. The molecule has 15 heavy (non-hydrogen) atoms. The van der Waals surface area contributed by atoms with Crippen molar-refractivity contribution >= 4 is 0 Å². The van der Waals surface area contributed by atoms with Crippen LogP contribution in [0.25, 0.3) is 0 Å². The van der Waals surface area contributed by atoms with Crippen molar-refractivity contribution in [3.05, 3.63) is 0 Å². The minimum atomic E-state index is -1.44. The van der Waals surface area contributed by atoms with Crippen LogP contribution < -0.4 is 0 Å². The molecule has 0 aliphatic carbocycles. The van der Waals surface area contributed by atoms with E-state index in [4.69, 9.17) is 19.7 Å². The highest BCUT2D eigenvalue weighted by Gasteiger charge is 2.43. The Bertz CT molecular complexity index is 186. The molecule has 0 aromatic carbocycles. The quantitative estimate of drug-likeness (QED) is 0.341. The first-order valence-electron chi connectivity index (χ1n) is 4.64. The van der Waals surface area contributed by atoms with Crippen LogP contribution in [0.1, 0.15) is 0 Å². The molecular weight excluding hydrogens is 208 g/mol. The standard InChI is InChI=1S/C8H16O7/c9-1-2-14-8-7(13)6(12)5(11)4(3-10)15-8/h4-13H,1-3H2/t4?,5?,6-,7?,8?/m0/s1. The maximum atomic E-state index is 9.42. The van der Waals surface area contributed by atoms with Crippen LogP contribution >= 0.6 is 0 Å². The van der Waals surface area contributed by atoms with Gasteiger partial charge in [0.15, 0.2) is 6.29 Å². The summed E-state index contributed by atoms with van der Waals surface area (Å²) >= 11 is 0. The third-order valence-corrected chi connectivity index (χ3v) is 2.22. The lowest BCUT2D eigenvalue weighted by atomic mass is 9.99. The maximum Gasteiger partial charge on any atom is 0.186 e. The normalized spacial score (nSPS) is 41.8. The van der Waals surface area contributed by atoms with E-state index in [2.05, 4.69) is 0 Å². The molecule has 1 fully saturated rings. The molecule has 90 valence electrons. The van der Waals surface area contributed by atoms with E-state index in [9.17, 15) is 15.3 Å². The highest BCUT2D eigenvalue weighted by Crippen LogP contribution is 2.21. The van der Waals surface area contributed by atoms with Crippen molar-refractivity contribution in [2.24, 2.45) is 0 Å². The second kappa shape index (κ2) is 5.71. The fourth-order valence-corrected chi connectivity index (χ4v) is 1.37. The lowest BCUT2D eigenvalue weighted by Crippen LogP contribution is -2.59. The SMILES string of the molecule is OCCOC1OC(CO)C(O)[C@H](O)C1O. The fourth-order valence-electron chi connectivity index (χ4n) is 1.37. The van der Waals surface area contributed by atoms with Crippen molar-refractivity contribution in [2.45, 2.75) is 30.7 Å². The number of aliphatic hydroxyl groups is 5. The van der Waals surface area contributed by atoms with E-state index >= 15 is 0 Å². The smallest absolute Gasteiger partial charge is 0.186 e. The van der Waals surface area contributed by atoms with Crippen molar-refractivity contribution in [2.75, 3.05) is 19.8 Å². The lowest BCUT2D eigenvalue weighted by molar-refractivity contribution is -0.302. The summed E-state index contributed by atoms with van der Waals surface area (Å²) in [6.45, 7) is -0.818. The molecule has 0 bridgehead atoms. The van der Waals surface area contributed by atoms with Gasteiger partial charge in [0.2, 0.25) is 0 Å². The molecule has 0 aromatic rings. The number of hydrogen-bond donors (Lipinski definition) is 5. The van der Waals surface area contributed by atoms with Crippen molar-refractivity contribution in [1.29, 1.82) is 0 Å². The van der Waals surface area contributed by atoms with Crippen LogP contribution in [0.15, 0.2) is 0 Å². The first kappa shape index (κ1) is 12.8. The third kappa shape index (κ3) is 2.85. The maximum absolute atomic E-state index is 9.42. The van der Waals surface area contributed by atoms with Gasteiger partial charge >= 0.3 is 0 Å². The van der Waals surface area contributed by atoms with Crippen molar-refractivity contribution in [1.82, 2.24) is 0 Å². The number of ether oxygens (including phenoxy) is 2. The van der Waals surface area contributed by atoms with Crippen LogP contribution in [0.2, 0.25) is 0 Å². The number of rotatable bonds is 4. The topological polar surface area (TPSA) is 120 Å². The van der Waals surface area contributed by atoms with Gasteiger partial charge in [-0.05, 0) is 0 Å². The molecular formula is C8H16O7. The van der Waals surface area contributed by atoms with Crippen LogP contribution in [0.5, 0.6) is 0 Å². The summed E-state index contributed by atoms with van der Waals surface area (Å²) in [4.78, 5) is 0. The molecule has 0 amide bonds. The van der Waals surface area contributed by atoms with Crippen molar-refractivity contribution < 1.29 is 35.0 Å². The van der Waals surface area contributed by atoms with E-state index in [0.29, 0.717) is 0 Å². The summed E-state index contributed by atoms with van der Waals surface area (Å²) in [6, 6.07) is 0. The second-order valence-corrected chi connectivity index (χ2v) is 3.29. The van der Waals surface area contributed by atoms with Crippen molar-refractivity contribution in [3.63, 3.8) is 0 Å². The summed E-state index contributed by atoms with van der Waals surface area (Å²) in [7, 11) is 0. The van der Waals surface area contributed by atoms with Gasteiger partial charge in [0.1, 0.15) is 24.4 Å². The molecule has 4 unspecified atom stereocenters. The van der Waals surface area contributed by atoms with E-state index < -0.39 is 37.3 Å². The van der Waals surface area contributed by atoms with Gasteiger partial charge in [-0.25, -0.2) is 0 Å². The predicted molar refractivity (Wildman–Crippen MR) is 46.8 cm³/mol. The predicted octanol–water partition coefficient (Wildman–Crippen LogP) is -3.20. The molecule has 0 radical (unpaired) electrons. The number of aliphatic hydroxyl groups excluding tert-OH is 5. The molecule has 5 atom stereocenters. The Morgan fingerprint density at radius 3 is 2.20 bits per heavy atom. The Morgan fingerprint density at radius 2 is 1.67 bits per heavy atom. The molecule has 0 aromatic heterocycles. The second-order valence-electron chi connectivity index (χ2n) is 3.29. The molecule has 1 saturated heterocycles. The molecule has 5 N–H and O–H groups in total. The minimum absolute atomic E-state index is 0.0668. The van der Waals surface area contributed by atoms with Crippen LogP contribution in [-0.2, 0) is 9.47 Å². The fraction of sp³-hybridized carbons (Fsp3) is 1.00. The summed E-state index contributed by atoms with van der Waals surface area (Å²) in [6.07, 6.45) is -6.38. The molecule has 7 heteroatoms. The van der Waals surface area contributed by atoms with Crippen LogP contribution in [-0.4, -0.2) is 76.1 Å². The van der Waals surface area contributed by atoms with Gasteiger partial charge in [-0.2, -0.15) is 0 Å². The third-order valence-electron chi connectivity index (χ3n) is 2.22. The summed E-state index contributed by atoms with van der Waals surface area (Å²) in [5, 5.41) is 45.5. The van der Waals surface area contributed by atoms with Gasteiger partial charge in [0.05, 0.1) is 19.8 Å². The Balaban J connectivity index is 2.57. The van der Waals surface area contributed by atoms with Gasteiger partial charge in [-0.1, -0.05) is 0 Å². The van der Waals surface area contributed by atoms with Gasteiger partial charge in [-0.15, -0.1) is 0 Å². The van der Waals surface area contributed by atoms with Crippen LogP contribution in [0, 0.1) is 0 Å². The average molecular weight is 224 g/mol. The monoisotopic (exact) mass is 224 g/mol. The molecule has 0 spiro atoms. The zero-order valence-electron chi connectivity index (χ0n) is 8.06. The largest absolute Gasteiger partial charge is 0.394 e. The highest BCUT2D eigenvalue weighted by molar-refractivity contribution is 4.88. The van der Waals surface area contributed by atoms with Gasteiger partial charge < -0.3 is 35.0 Å². The van der Waals surface area contributed by atoms with Crippen molar-refractivity contribution in [3.8, 4) is 0 Å². The molecule has 1 aliphatic heterocycles. The van der Waals surface area contributed by atoms with Crippen LogP contribution in [0.4, 0.5) is 0 Å². The molecule has 1 rings (SSSR count). The Hall–Kier alpha value is -0.280. The van der Waals surface area contributed by atoms with E-state index in [0.717, 1.165) is 0 Å². The summed E-state index contributed by atoms with van der Waals surface area (Å²) in [5.41, 5.74) is 0. The number of hydrogen-bond acceptors (Lipinski definition) is 7. The van der Waals surface area contributed by atoms with Gasteiger partial charge in [0.25, 0.3) is 0 Å². The summed E-state index contributed by atoms with van der Waals surface area (Å²) < 4.78 is 9.88. The van der Waals surface area contributed by atoms with E-state index in [1.165, 1.54) is 0 Å². The first-order valence-corrected chi connectivity index (χ1v) is 4.64. The Kier molecular flexibility index (Phi) is 4.87. The highest BCUT2D eigenvalue weighted by atomic mass is 16.7. The van der Waals surface area contributed by atoms with Crippen LogP contribution in [0.3, 0.4) is 0 Å². The average Bonchev–Trinajstić information content (AvgIpc) is 2.25. The zero-order chi connectivity index (χ0) is 11.4. The first-order chi connectivity index (χ1) is 7.11.